The molecule has 0 N–H and O–H groups in total. The SMILES string of the molecule is CC(C)(C)OC(=O)N1CCCCC1CCOc1nc2ccccc2s1. The molecule has 0 aliphatic carbocycles. The van der Waals surface area contributed by atoms with Crippen molar-refractivity contribution in [2.75, 3.05) is 13.2 Å². The molecule has 136 valence electrons. The van der Waals surface area contributed by atoms with Gasteiger partial charge in [0.05, 0.1) is 16.8 Å². The molecule has 1 aromatic heterocycles. The number of ether oxygens (including phenoxy) is 2. The molecule has 6 heteroatoms. The van der Waals surface area contributed by atoms with Gasteiger partial charge in [-0.25, -0.2) is 9.78 Å². The Labute approximate surface area is 152 Å². The molecule has 1 aliphatic heterocycles. The van der Waals surface area contributed by atoms with Crippen molar-refractivity contribution in [3.05, 3.63) is 24.3 Å². The molecule has 1 amide bonds. The van der Waals surface area contributed by atoms with Gasteiger partial charge in [0.1, 0.15) is 5.60 Å². The average molecular weight is 362 g/mol. The summed E-state index contributed by atoms with van der Waals surface area (Å²) in [5.74, 6) is 0. The van der Waals surface area contributed by atoms with Crippen molar-refractivity contribution in [1.29, 1.82) is 0 Å². The van der Waals surface area contributed by atoms with Gasteiger partial charge in [-0.15, -0.1) is 0 Å². The zero-order chi connectivity index (χ0) is 17.9. The van der Waals surface area contributed by atoms with Gasteiger partial charge >= 0.3 is 6.09 Å². The van der Waals surface area contributed by atoms with Crippen molar-refractivity contribution in [3.63, 3.8) is 0 Å². The Morgan fingerprint density at radius 2 is 2.12 bits per heavy atom. The van der Waals surface area contributed by atoms with Crippen molar-refractivity contribution >= 4 is 27.6 Å². The maximum absolute atomic E-state index is 12.4. The molecule has 1 aliphatic rings. The Hall–Kier alpha value is -1.82. The minimum atomic E-state index is -0.462. The van der Waals surface area contributed by atoms with E-state index in [9.17, 15) is 4.79 Å². The number of benzene rings is 1. The summed E-state index contributed by atoms with van der Waals surface area (Å²) < 4.78 is 12.5. The smallest absolute Gasteiger partial charge is 0.410 e. The Morgan fingerprint density at radius 1 is 1.32 bits per heavy atom. The summed E-state index contributed by atoms with van der Waals surface area (Å²) in [7, 11) is 0. The number of aromatic nitrogens is 1. The molecule has 0 saturated carbocycles. The van der Waals surface area contributed by atoms with Crippen molar-refractivity contribution in [1.82, 2.24) is 9.88 Å². The van der Waals surface area contributed by atoms with E-state index in [1.165, 1.54) is 0 Å². The van der Waals surface area contributed by atoms with Crippen LogP contribution in [0.2, 0.25) is 0 Å². The maximum atomic E-state index is 12.4. The molecule has 3 rings (SSSR count). The molecular formula is C19H26N2O3S. The summed E-state index contributed by atoms with van der Waals surface area (Å²) in [6.07, 6.45) is 3.77. The third-order valence-corrected chi connectivity index (χ3v) is 5.15. The summed E-state index contributed by atoms with van der Waals surface area (Å²) in [6.45, 7) is 7.03. The molecule has 25 heavy (non-hydrogen) atoms. The molecular weight excluding hydrogens is 336 g/mol. The Bertz CT molecular complexity index is 690. The van der Waals surface area contributed by atoms with Crippen LogP contribution in [0, 0.1) is 0 Å². The van der Waals surface area contributed by atoms with Crippen LogP contribution in [0.4, 0.5) is 4.79 Å². The Kier molecular flexibility index (Phi) is 5.47. The zero-order valence-corrected chi connectivity index (χ0v) is 16.0. The molecule has 0 bridgehead atoms. The average Bonchev–Trinajstić information content (AvgIpc) is 2.96. The van der Waals surface area contributed by atoms with Gasteiger partial charge in [0.25, 0.3) is 5.19 Å². The second-order valence-corrected chi connectivity index (χ2v) is 8.40. The van der Waals surface area contributed by atoms with Gasteiger partial charge in [0.2, 0.25) is 0 Å². The van der Waals surface area contributed by atoms with Gasteiger partial charge in [-0.05, 0) is 52.2 Å². The normalized spacial score (nSPS) is 18.4. The molecule has 1 fully saturated rings. The standard InChI is InChI=1S/C19H26N2O3S/c1-19(2,3)24-18(22)21-12-7-6-8-14(21)11-13-23-17-20-15-9-4-5-10-16(15)25-17/h4-5,9-10,14H,6-8,11-13H2,1-3H3. The van der Waals surface area contributed by atoms with Gasteiger partial charge in [-0.3, -0.25) is 0 Å². The van der Waals surface area contributed by atoms with Crippen LogP contribution < -0.4 is 4.74 Å². The number of hydrogen-bond donors (Lipinski definition) is 0. The first-order chi connectivity index (χ1) is 11.9. The van der Waals surface area contributed by atoms with Crippen LogP contribution in [0.15, 0.2) is 24.3 Å². The van der Waals surface area contributed by atoms with E-state index in [2.05, 4.69) is 4.98 Å². The second kappa shape index (κ2) is 7.60. The highest BCUT2D eigenvalue weighted by molar-refractivity contribution is 7.20. The number of fused-ring (bicyclic) bond motifs is 1. The lowest BCUT2D eigenvalue weighted by Crippen LogP contribution is -2.46. The van der Waals surface area contributed by atoms with Crippen molar-refractivity contribution in [3.8, 4) is 5.19 Å². The van der Waals surface area contributed by atoms with E-state index >= 15 is 0 Å². The molecule has 2 heterocycles. The van der Waals surface area contributed by atoms with Gasteiger partial charge < -0.3 is 14.4 Å². The van der Waals surface area contributed by atoms with E-state index in [-0.39, 0.29) is 12.1 Å². The monoisotopic (exact) mass is 362 g/mol. The molecule has 0 spiro atoms. The summed E-state index contributed by atoms with van der Waals surface area (Å²) in [6, 6.07) is 8.20. The van der Waals surface area contributed by atoms with E-state index in [0.29, 0.717) is 11.8 Å². The lowest BCUT2D eigenvalue weighted by Gasteiger charge is -2.36. The van der Waals surface area contributed by atoms with Gasteiger partial charge in [0, 0.05) is 19.0 Å². The van der Waals surface area contributed by atoms with Gasteiger partial charge in [-0.2, -0.15) is 0 Å². The maximum Gasteiger partial charge on any atom is 0.410 e. The van der Waals surface area contributed by atoms with E-state index in [1.807, 2.05) is 49.9 Å². The molecule has 0 radical (unpaired) electrons. The first-order valence-electron chi connectivity index (χ1n) is 8.90. The topological polar surface area (TPSA) is 51.7 Å². The Morgan fingerprint density at radius 3 is 2.88 bits per heavy atom. The number of thiazole rings is 1. The van der Waals surface area contributed by atoms with Crippen LogP contribution in [0.25, 0.3) is 10.2 Å². The molecule has 2 aromatic rings. The molecule has 5 nitrogen and oxygen atoms in total. The van der Waals surface area contributed by atoms with Crippen LogP contribution in [0.5, 0.6) is 5.19 Å². The third-order valence-electron chi connectivity index (χ3n) is 4.21. The van der Waals surface area contributed by atoms with Crippen molar-refractivity contribution < 1.29 is 14.3 Å². The summed E-state index contributed by atoms with van der Waals surface area (Å²) in [4.78, 5) is 18.8. The van der Waals surface area contributed by atoms with Crippen LogP contribution in [-0.2, 0) is 4.74 Å². The van der Waals surface area contributed by atoms with Crippen LogP contribution in [0.3, 0.4) is 0 Å². The number of piperidine rings is 1. The Balaban J connectivity index is 1.55. The third kappa shape index (κ3) is 4.84. The lowest BCUT2D eigenvalue weighted by molar-refractivity contribution is 0.00744. The predicted molar refractivity (Wildman–Crippen MR) is 100 cm³/mol. The number of rotatable bonds is 4. The van der Waals surface area contributed by atoms with E-state index < -0.39 is 5.60 Å². The summed E-state index contributed by atoms with van der Waals surface area (Å²) >= 11 is 1.56. The lowest BCUT2D eigenvalue weighted by atomic mass is 10.0. The minimum Gasteiger partial charge on any atom is -0.470 e. The fraction of sp³-hybridized carbons (Fsp3) is 0.579. The highest BCUT2D eigenvalue weighted by Crippen LogP contribution is 2.28. The fourth-order valence-electron chi connectivity index (χ4n) is 3.06. The van der Waals surface area contributed by atoms with Crippen molar-refractivity contribution in [2.45, 2.75) is 58.1 Å². The van der Waals surface area contributed by atoms with Crippen LogP contribution in [-0.4, -0.2) is 40.8 Å². The number of likely N-dealkylation sites (tertiary alicyclic amines) is 1. The molecule has 1 saturated heterocycles. The number of carbonyl (C=O) groups is 1. The molecule has 1 atom stereocenters. The van der Waals surface area contributed by atoms with Crippen LogP contribution in [0.1, 0.15) is 46.5 Å². The van der Waals surface area contributed by atoms with E-state index in [1.54, 1.807) is 11.3 Å². The minimum absolute atomic E-state index is 0.179. The first-order valence-corrected chi connectivity index (χ1v) is 9.72. The summed E-state index contributed by atoms with van der Waals surface area (Å²) in [5.41, 5.74) is 0.506. The first kappa shape index (κ1) is 18.0. The highest BCUT2D eigenvalue weighted by Gasteiger charge is 2.30. The zero-order valence-electron chi connectivity index (χ0n) is 15.2. The van der Waals surface area contributed by atoms with E-state index in [0.717, 1.165) is 42.4 Å². The van der Waals surface area contributed by atoms with Crippen molar-refractivity contribution in [2.24, 2.45) is 0 Å². The van der Waals surface area contributed by atoms with Crippen LogP contribution >= 0.6 is 11.3 Å². The highest BCUT2D eigenvalue weighted by atomic mass is 32.1. The number of nitrogens with zero attached hydrogens (tertiary/aromatic N) is 2. The largest absolute Gasteiger partial charge is 0.470 e. The predicted octanol–water partition coefficient (Wildman–Crippen LogP) is 4.85. The van der Waals surface area contributed by atoms with Gasteiger partial charge in [0.15, 0.2) is 0 Å². The fourth-order valence-corrected chi connectivity index (χ4v) is 3.90. The number of amides is 1. The molecule has 1 unspecified atom stereocenters. The molecule has 1 aromatic carbocycles. The van der Waals surface area contributed by atoms with Gasteiger partial charge in [-0.1, -0.05) is 23.5 Å². The quantitative estimate of drug-likeness (QED) is 0.780. The van der Waals surface area contributed by atoms with E-state index in [4.69, 9.17) is 9.47 Å². The number of para-hydroxylation sites is 1. The second-order valence-electron chi connectivity index (χ2n) is 7.41. The number of carbonyl (C=O) groups excluding carboxylic acids is 1. The number of hydrogen-bond acceptors (Lipinski definition) is 5. The summed E-state index contributed by atoms with van der Waals surface area (Å²) in [5, 5.41) is 0.695.